The molecular weight excluding hydrogens is 468 g/mol. The van der Waals surface area contributed by atoms with Gasteiger partial charge in [-0.2, -0.15) is 0 Å². The van der Waals surface area contributed by atoms with Crippen LogP contribution in [0.3, 0.4) is 0 Å². The van der Waals surface area contributed by atoms with Gasteiger partial charge in [0.1, 0.15) is 22.8 Å². The van der Waals surface area contributed by atoms with Crippen LogP contribution in [0.2, 0.25) is 0 Å². The van der Waals surface area contributed by atoms with Gasteiger partial charge in [-0.1, -0.05) is 6.07 Å². The van der Waals surface area contributed by atoms with E-state index in [2.05, 4.69) is 0 Å². The number of anilines is 1. The van der Waals surface area contributed by atoms with Crippen LogP contribution in [0.1, 0.15) is 42.3 Å². The van der Waals surface area contributed by atoms with E-state index in [1.807, 2.05) is 65.0 Å². The molecule has 0 spiro atoms. The fraction of sp³-hybridized carbons (Fsp3) is 0.267. The highest BCUT2D eigenvalue weighted by atomic mass is 16.5. The summed E-state index contributed by atoms with van der Waals surface area (Å²) in [5.74, 6) is 0.797. The molecule has 37 heavy (non-hydrogen) atoms. The molecule has 7 nitrogen and oxygen atoms in total. The number of aromatic nitrogens is 1. The second kappa shape index (κ2) is 10.8. The van der Waals surface area contributed by atoms with Gasteiger partial charge < -0.3 is 24.0 Å². The highest BCUT2D eigenvalue weighted by molar-refractivity contribution is 6.07. The number of aryl methyl sites for hydroxylation is 2. The van der Waals surface area contributed by atoms with Crippen molar-refractivity contribution in [3.8, 4) is 22.9 Å². The fourth-order valence-corrected chi connectivity index (χ4v) is 4.57. The number of nitrogens with zero attached hydrogens (tertiary/aromatic N) is 2. The number of aromatic hydroxyl groups is 1. The van der Waals surface area contributed by atoms with Crippen LogP contribution in [0.25, 0.3) is 16.6 Å². The predicted octanol–water partition coefficient (Wildman–Crippen LogP) is 5.78. The minimum Gasteiger partial charge on any atom is -0.508 e. The molecule has 0 atom stereocenters. The number of amides is 1. The number of phenols is 1. The topological polar surface area (TPSA) is 81.0 Å². The number of carbonyl (C=O) groups is 1. The van der Waals surface area contributed by atoms with E-state index in [4.69, 9.17) is 9.47 Å². The number of fused-ring (bicyclic) bond motifs is 1. The van der Waals surface area contributed by atoms with Crippen molar-refractivity contribution in [3.05, 3.63) is 87.7 Å². The summed E-state index contributed by atoms with van der Waals surface area (Å²) in [5.41, 5.74) is 3.52. The Bertz CT molecular complexity index is 1480. The highest BCUT2D eigenvalue weighted by Gasteiger charge is 2.23. The molecule has 1 N–H and O–H groups in total. The fourth-order valence-electron chi connectivity index (χ4n) is 4.57. The maximum absolute atomic E-state index is 13.9. The van der Waals surface area contributed by atoms with Crippen molar-refractivity contribution in [1.82, 2.24) is 4.57 Å². The molecule has 0 saturated heterocycles. The van der Waals surface area contributed by atoms with E-state index in [0.717, 1.165) is 16.8 Å². The smallest absolute Gasteiger partial charge is 0.263 e. The lowest BCUT2D eigenvalue weighted by molar-refractivity contribution is 0.0987. The van der Waals surface area contributed by atoms with Crippen LogP contribution in [-0.4, -0.2) is 35.3 Å². The number of hydrogen-bond donors (Lipinski definition) is 1. The molecule has 3 aromatic carbocycles. The molecule has 0 aliphatic rings. The minimum atomic E-state index is -0.398. The Morgan fingerprint density at radius 1 is 0.892 bits per heavy atom. The molecule has 1 heterocycles. The summed E-state index contributed by atoms with van der Waals surface area (Å²) < 4.78 is 13.2. The third-order valence-corrected chi connectivity index (χ3v) is 6.06. The van der Waals surface area contributed by atoms with E-state index in [1.165, 1.54) is 12.1 Å². The first-order chi connectivity index (χ1) is 17.7. The Labute approximate surface area is 216 Å². The first-order valence-electron chi connectivity index (χ1n) is 12.4. The zero-order valence-corrected chi connectivity index (χ0v) is 21.9. The average molecular weight is 501 g/mol. The summed E-state index contributed by atoms with van der Waals surface area (Å²) in [5, 5.41) is 10.6. The summed E-state index contributed by atoms with van der Waals surface area (Å²) in [6.45, 7) is 10.9. The Morgan fingerprint density at radius 3 is 2.08 bits per heavy atom. The molecule has 4 rings (SSSR count). The maximum Gasteiger partial charge on any atom is 0.263 e. The summed E-state index contributed by atoms with van der Waals surface area (Å²) in [6, 6.07) is 15.8. The van der Waals surface area contributed by atoms with Crippen LogP contribution in [0.4, 0.5) is 5.69 Å². The summed E-state index contributed by atoms with van der Waals surface area (Å²) >= 11 is 0. The molecule has 7 heteroatoms. The molecule has 1 aromatic heterocycles. The van der Waals surface area contributed by atoms with Gasteiger partial charge >= 0.3 is 0 Å². The van der Waals surface area contributed by atoms with E-state index in [9.17, 15) is 14.7 Å². The molecule has 0 radical (unpaired) electrons. The summed E-state index contributed by atoms with van der Waals surface area (Å²) in [7, 11) is 0. The zero-order chi connectivity index (χ0) is 26.7. The van der Waals surface area contributed by atoms with Crippen molar-refractivity contribution < 1.29 is 19.4 Å². The van der Waals surface area contributed by atoms with Crippen LogP contribution in [0.5, 0.6) is 17.2 Å². The third-order valence-electron chi connectivity index (χ3n) is 6.06. The van der Waals surface area contributed by atoms with Crippen LogP contribution >= 0.6 is 0 Å². The lowest BCUT2D eigenvalue weighted by Crippen LogP contribution is -2.35. The predicted molar refractivity (Wildman–Crippen MR) is 147 cm³/mol. The third kappa shape index (κ3) is 5.31. The molecular formula is C30H32N2O5. The first-order valence-corrected chi connectivity index (χ1v) is 12.4. The van der Waals surface area contributed by atoms with Crippen LogP contribution in [-0.2, 0) is 0 Å². The number of phenolic OH excluding ortho intramolecular Hbond substituents is 1. The Kier molecular flexibility index (Phi) is 7.53. The lowest BCUT2D eigenvalue weighted by atomic mass is 10.1. The SMILES string of the molecule is CCOc1cc(OCC)cc(-n2cc(C(=O)N(CC)c3cc(C)cc(C)c3)c(=O)c3ccc(O)cc32)c1. The Balaban J connectivity index is 1.97. The number of hydrogen-bond acceptors (Lipinski definition) is 5. The van der Waals surface area contributed by atoms with Gasteiger partial charge in [-0.05, 0) is 70.0 Å². The first kappa shape index (κ1) is 25.8. The van der Waals surface area contributed by atoms with Crippen molar-refractivity contribution in [1.29, 1.82) is 0 Å². The second-order valence-corrected chi connectivity index (χ2v) is 8.87. The van der Waals surface area contributed by atoms with Gasteiger partial charge in [-0.15, -0.1) is 0 Å². The molecule has 1 amide bonds. The summed E-state index contributed by atoms with van der Waals surface area (Å²) in [6.07, 6.45) is 1.54. The van der Waals surface area contributed by atoms with Crippen LogP contribution in [0.15, 0.2) is 65.6 Å². The van der Waals surface area contributed by atoms with E-state index in [0.29, 0.717) is 47.8 Å². The average Bonchev–Trinajstić information content (AvgIpc) is 2.84. The van der Waals surface area contributed by atoms with E-state index < -0.39 is 11.3 Å². The van der Waals surface area contributed by atoms with E-state index in [-0.39, 0.29) is 11.3 Å². The minimum absolute atomic E-state index is 0.0103. The quantitative estimate of drug-likeness (QED) is 0.332. The van der Waals surface area contributed by atoms with Crippen molar-refractivity contribution in [2.75, 3.05) is 24.7 Å². The molecule has 0 aliphatic carbocycles. The van der Waals surface area contributed by atoms with Crippen molar-refractivity contribution in [2.24, 2.45) is 0 Å². The molecule has 0 saturated carbocycles. The van der Waals surface area contributed by atoms with Crippen LogP contribution < -0.4 is 19.8 Å². The zero-order valence-electron chi connectivity index (χ0n) is 21.9. The number of ether oxygens (including phenoxy) is 2. The molecule has 4 aromatic rings. The lowest BCUT2D eigenvalue weighted by Gasteiger charge is -2.23. The largest absolute Gasteiger partial charge is 0.508 e. The molecule has 0 bridgehead atoms. The number of rotatable bonds is 8. The monoisotopic (exact) mass is 500 g/mol. The van der Waals surface area contributed by atoms with E-state index >= 15 is 0 Å². The van der Waals surface area contributed by atoms with Gasteiger partial charge in [0.15, 0.2) is 0 Å². The molecule has 0 aliphatic heterocycles. The molecule has 0 fully saturated rings. The van der Waals surface area contributed by atoms with Crippen molar-refractivity contribution >= 4 is 22.5 Å². The number of pyridine rings is 1. The Hall–Kier alpha value is -4.26. The number of carbonyl (C=O) groups excluding carboxylic acids is 1. The standard InChI is InChI=1S/C30H32N2O5/c1-6-31(21-12-19(4)11-20(5)13-21)30(35)27-18-32(28-16-23(33)9-10-26(28)29(27)34)22-14-24(36-7-2)17-25(15-22)37-8-3/h9-18,33H,6-8H2,1-5H3. The van der Waals surface area contributed by atoms with Crippen LogP contribution in [0, 0.1) is 13.8 Å². The second-order valence-electron chi connectivity index (χ2n) is 8.87. The normalized spacial score (nSPS) is 10.9. The Morgan fingerprint density at radius 2 is 1.51 bits per heavy atom. The molecule has 192 valence electrons. The van der Waals surface area contributed by atoms with Gasteiger partial charge in [-0.25, -0.2) is 0 Å². The maximum atomic E-state index is 13.9. The summed E-state index contributed by atoms with van der Waals surface area (Å²) in [4.78, 5) is 29.1. The number of benzene rings is 3. The van der Waals surface area contributed by atoms with Gasteiger partial charge in [0.2, 0.25) is 5.43 Å². The molecule has 0 unspecified atom stereocenters. The van der Waals surface area contributed by atoms with Gasteiger partial charge in [0.25, 0.3) is 5.91 Å². The van der Waals surface area contributed by atoms with Gasteiger partial charge in [0.05, 0.1) is 24.4 Å². The van der Waals surface area contributed by atoms with Gasteiger partial charge in [0, 0.05) is 48.1 Å². The van der Waals surface area contributed by atoms with Gasteiger partial charge in [-0.3, -0.25) is 9.59 Å². The highest BCUT2D eigenvalue weighted by Crippen LogP contribution is 2.29. The van der Waals surface area contributed by atoms with Crippen molar-refractivity contribution in [3.63, 3.8) is 0 Å². The van der Waals surface area contributed by atoms with Crippen molar-refractivity contribution in [2.45, 2.75) is 34.6 Å². The van der Waals surface area contributed by atoms with E-state index in [1.54, 1.807) is 27.8 Å².